The SMILES string of the molecule is Cc1ccnn1-c1cccc(NC(=O)N[C@@H]2[C@H]3CCO[C@@H]3C2(C)C)c1. The Morgan fingerprint density at radius 3 is 2.96 bits per heavy atom. The highest BCUT2D eigenvalue weighted by molar-refractivity contribution is 5.90. The molecule has 2 fully saturated rings. The first-order valence-corrected chi connectivity index (χ1v) is 8.77. The minimum Gasteiger partial charge on any atom is -0.377 e. The molecule has 2 aliphatic rings. The van der Waals surface area contributed by atoms with Crippen LogP contribution in [0.4, 0.5) is 10.5 Å². The Morgan fingerprint density at radius 1 is 1.36 bits per heavy atom. The number of carbonyl (C=O) groups excluding carboxylic acids is 1. The number of rotatable bonds is 3. The summed E-state index contributed by atoms with van der Waals surface area (Å²) in [6.45, 7) is 7.11. The fourth-order valence-electron chi connectivity index (χ4n) is 4.28. The van der Waals surface area contributed by atoms with Crippen molar-refractivity contribution in [1.82, 2.24) is 15.1 Å². The van der Waals surface area contributed by atoms with E-state index in [2.05, 4.69) is 29.6 Å². The first-order valence-electron chi connectivity index (χ1n) is 8.77. The summed E-state index contributed by atoms with van der Waals surface area (Å²) in [5, 5.41) is 10.4. The van der Waals surface area contributed by atoms with Gasteiger partial charge in [0.1, 0.15) is 0 Å². The third kappa shape index (κ3) is 2.70. The number of aryl methyl sites for hydroxylation is 1. The van der Waals surface area contributed by atoms with Crippen LogP contribution in [0.2, 0.25) is 0 Å². The monoisotopic (exact) mass is 340 g/mol. The summed E-state index contributed by atoms with van der Waals surface area (Å²) in [5.74, 6) is 0.429. The van der Waals surface area contributed by atoms with Crippen molar-refractivity contribution < 1.29 is 9.53 Å². The molecule has 4 rings (SSSR count). The molecule has 1 saturated carbocycles. The molecule has 0 radical (unpaired) electrons. The van der Waals surface area contributed by atoms with Gasteiger partial charge in [0.2, 0.25) is 0 Å². The van der Waals surface area contributed by atoms with Crippen molar-refractivity contribution in [3.05, 3.63) is 42.2 Å². The number of nitrogens with one attached hydrogen (secondary N) is 2. The van der Waals surface area contributed by atoms with Crippen LogP contribution >= 0.6 is 0 Å². The summed E-state index contributed by atoms with van der Waals surface area (Å²) >= 11 is 0. The molecule has 2 amide bonds. The van der Waals surface area contributed by atoms with Crippen LogP contribution in [0.5, 0.6) is 0 Å². The van der Waals surface area contributed by atoms with Crippen molar-refractivity contribution in [3.8, 4) is 5.69 Å². The van der Waals surface area contributed by atoms with Gasteiger partial charge in [-0.25, -0.2) is 9.48 Å². The third-order valence-corrected chi connectivity index (χ3v) is 5.57. The molecule has 6 nitrogen and oxygen atoms in total. The molecular weight excluding hydrogens is 316 g/mol. The van der Waals surface area contributed by atoms with E-state index in [1.54, 1.807) is 6.20 Å². The van der Waals surface area contributed by atoms with E-state index in [-0.39, 0.29) is 23.6 Å². The Hall–Kier alpha value is -2.34. The molecule has 1 aromatic carbocycles. The zero-order valence-electron chi connectivity index (χ0n) is 14.8. The summed E-state index contributed by atoms with van der Waals surface area (Å²) in [6.07, 6.45) is 3.05. The molecule has 0 spiro atoms. The van der Waals surface area contributed by atoms with E-state index in [0.717, 1.165) is 30.1 Å². The fraction of sp³-hybridized carbons (Fsp3) is 0.474. The smallest absolute Gasteiger partial charge is 0.319 e. The zero-order chi connectivity index (χ0) is 17.6. The van der Waals surface area contributed by atoms with Crippen molar-refractivity contribution in [1.29, 1.82) is 0 Å². The number of hydrogen-bond acceptors (Lipinski definition) is 3. The summed E-state index contributed by atoms with van der Waals surface area (Å²) in [7, 11) is 0. The largest absolute Gasteiger partial charge is 0.377 e. The minimum atomic E-state index is -0.169. The number of carbonyl (C=O) groups is 1. The second-order valence-corrected chi connectivity index (χ2v) is 7.58. The lowest BCUT2D eigenvalue weighted by atomic mass is 9.57. The maximum atomic E-state index is 12.5. The van der Waals surface area contributed by atoms with Crippen molar-refractivity contribution in [3.63, 3.8) is 0 Å². The highest BCUT2D eigenvalue weighted by atomic mass is 16.5. The number of fused-ring (bicyclic) bond motifs is 1. The Labute approximate surface area is 147 Å². The second kappa shape index (κ2) is 5.88. The number of ether oxygens (including phenoxy) is 1. The van der Waals surface area contributed by atoms with Gasteiger partial charge in [0, 0.05) is 41.6 Å². The first-order chi connectivity index (χ1) is 12.0. The molecule has 132 valence electrons. The van der Waals surface area contributed by atoms with Gasteiger partial charge in [-0.2, -0.15) is 5.10 Å². The predicted octanol–water partition coefficient (Wildman–Crippen LogP) is 3.12. The van der Waals surface area contributed by atoms with Crippen LogP contribution in [-0.2, 0) is 4.74 Å². The highest BCUT2D eigenvalue weighted by Crippen LogP contribution is 2.52. The van der Waals surface area contributed by atoms with Crippen molar-refractivity contribution in [2.75, 3.05) is 11.9 Å². The Bertz CT molecular complexity index is 798. The maximum Gasteiger partial charge on any atom is 0.319 e. The van der Waals surface area contributed by atoms with E-state index in [0.29, 0.717) is 5.92 Å². The molecule has 1 saturated heterocycles. The number of benzene rings is 1. The van der Waals surface area contributed by atoms with Crippen molar-refractivity contribution in [2.45, 2.75) is 39.3 Å². The summed E-state index contributed by atoms with van der Waals surface area (Å²) in [4.78, 5) is 12.5. The standard InChI is InChI=1S/C19H24N4O2/c1-12-7-9-20-23(12)14-6-4-5-13(11-14)21-18(24)22-16-15-8-10-25-17(15)19(16,2)3/h4-7,9,11,15-17H,8,10H2,1-3H3,(H2,21,22,24)/t15-,16-,17+/m1/s1. The van der Waals surface area contributed by atoms with Gasteiger partial charge in [0.15, 0.2) is 0 Å². The predicted molar refractivity (Wildman–Crippen MR) is 95.9 cm³/mol. The van der Waals surface area contributed by atoms with Gasteiger partial charge in [-0.05, 0) is 37.6 Å². The molecule has 6 heteroatoms. The van der Waals surface area contributed by atoms with Crippen LogP contribution in [0.25, 0.3) is 5.69 Å². The van der Waals surface area contributed by atoms with Crippen LogP contribution < -0.4 is 10.6 Å². The lowest BCUT2D eigenvalue weighted by Crippen LogP contribution is -2.67. The second-order valence-electron chi connectivity index (χ2n) is 7.58. The molecule has 2 heterocycles. The summed E-state index contributed by atoms with van der Waals surface area (Å²) < 4.78 is 7.63. The van der Waals surface area contributed by atoms with Crippen LogP contribution in [0.1, 0.15) is 26.0 Å². The lowest BCUT2D eigenvalue weighted by molar-refractivity contribution is -0.107. The van der Waals surface area contributed by atoms with Gasteiger partial charge in [0.25, 0.3) is 0 Å². The van der Waals surface area contributed by atoms with Crippen LogP contribution in [0.3, 0.4) is 0 Å². The minimum absolute atomic E-state index is 0.0213. The van der Waals surface area contributed by atoms with Gasteiger partial charge in [-0.15, -0.1) is 0 Å². The average molecular weight is 340 g/mol. The molecule has 1 aromatic heterocycles. The summed E-state index contributed by atoms with van der Waals surface area (Å²) in [6, 6.07) is 9.63. The van der Waals surface area contributed by atoms with Gasteiger partial charge in [0.05, 0.1) is 11.8 Å². The van der Waals surface area contributed by atoms with E-state index in [9.17, 15) is 4.79 Å². The van der Waals surface area contributed by atoms with Crippen LogP contribution in [0.15, 0.2) is 36.5 Å². The van der Waals surface area contributed by atoms with E-state index in [4.69, 9.17) is 4.74 Å². The molecular formula is C19H24N4O2. The topological polar surface area (TPSA) is 68.2 Å². The molecule has 0 bridgehead atoms. The molecule has 3 atom stereocenters. The van der Waals surface area contributed by atoms with Gasteiger partial charge in [-0.1, -0.05) is 19.9 Å². The zero-order valence-corrected chi connectivity index (χ0v) is 14.8. The molecule has 25 heavy (non-hydrogen) atoms. The van der Waals surface area contributed by atoms with E-state index >= 15 is 0 Å². The summed E-state index contributed by atoms with van der Waals surface area (Å²) in [5.41, 5.74) is 2.70. The number of nitrogens with zero attached hydrogens (tertiary/aromatic N) is 2. The Kier molecular flexibility index (Phi) is 3.80. The van der Waals surface area contributed by atoms with Crippen molar-refractivity contribution in [2.24, 2.45) is 11.3 Å². The number of amides is 2. The highest BCUT2D eigenvalue weighted by Gasteiger charge is 2.59. The normalized spacial score (nSPS) is 26.6. The van der Waals surface area contributed by atoms with Crippen LogP contribution in [-0.4, -0.2) is 34.6 Å². The van der Waals surface area contributed by atoms with Gasteiger partial charge < -0.3 is 15.4 Å². The van der Waals surface area contributed by atoms with Gasteiger partial charge >= 0.3 is 6.03 Å². The molecule has 1 aliphatic heterocycles. The first kappa shape index (κ1) is 16.1. The maximum absolute atomic E-state index is 12.5. The molecule has 0 unspecified atom stereocenters. The third-order valence-electron chi connectivity index (χ3n) is 5.57. The quantitative estimate of drug-likeness (QED) is 0.902. The van der Waals surface area contributed by atoms with E-state index < -0.39 is 0 Å². The van der Waals surface area contributed by atoms with Crippen LogP contribution in [0, 0.1) is 18.3 Å². The average Bonchev–Trinajstić information content (AvgIpc) is 3.20. The Morgan fingerprint density at radius 2 is 2.20 bits per heavy atom. The van der Waals surface area contributed by atoms with Gasteiger partial charge in [-0.3, -0.25) is 0 Å². The molecule has 2 N–H and O–H groups in total. The fourth-order valence-corrected chi connectivity index (χ4v) is 4.28. The number of aromatic nitrogens is 2. The van der Waals surface area contributed by atoms with E-state index in [1.807, 2.05) is 41.9 Å². The molecule has 1 aliphatic carbocycles. The number of urea groups is 1. The molecule has 2 aromatic rings. The Balaban J connectivity index is 1.44. The van der Waals surface area contributed by atoms with Crippen molar-refractivity contribution >= 4 is 11.7 Å². The number of hydrogen-bond donors (Lipinski definition) is 2. The van der Waals surface area contributed by atoms with E-state index in [1.165, 1.54) is 0 Å². The lowest BCUT2D eigenvalue weighted by Gasteiger charge is -2.54. The number of anilines is 1.